The Morgan fingerprint density at radius 3 is 2.77 bits per heavy atom. The van der Waals surface area contributed by atoms with Gasteiger partial charge in [-0.3, -0.25) is 0 Å². The first-order valence-corrected chi connectivity index (χ1v) is 3.84. The molecular formula is C6H13N3O4. The summed E-state index contributed by atoms with van der Waals surface area (Å²) >= 11 is 0. The molecule has 0 saturated heterocycles. The number of hydrogen-bond acceptors (Lipinski definition) is 6. The molecule has 0 aromatic rings. The second kappa shape index (κ2) is 8.72. The fourth-order valence-electron chi connectivity index (χ4n) is 0.392. The Hall–Kier alpha value is -1.37. The van der Waals surface area contributed by atoms with Crippen molar-refractivity contribution < 1.29 is 19.1 Å². The zero-order valence-electron chi connectivity index (χ0n) is 7.65. The molecule has 0 aliphatic carbocycles. The maximum Gasteiger partial charge on any atom is 0.510 e. The van der Waals surface area contributed by atoms with Crippen LogP contribution in [-0.4, -0.2) is 26.1 Å². The highest BCUT2D eigenvalue weighted by atomic mass is 16.8. The van der Waals surface area contributed by atoms with Crippen molar-refractivity contribution in [2.45, 2.75) is 13.8 Å². The van der Waals surface area contributed by atoms with E-state index in [1.807, 2.05) is 6.92 Å². The van der Waals surface area contributed by atoms with Crippen molar-refractivity contribution in [3.05, 3.63) is 0 Å². The number of hydrogen-bond donors (Lipinski definition) is 1. The average Bonchev–Trinajstić information content (AvgIpc) is 2.11. The lowest BCUT2D eigenvalue weighted by Gasteiger charge is -2.02. The van der Waals surface area contributed by atoms with Crippen molar-refractivity contribution in [3.8, 4) is 0 Å². The molecule has 0 aromatic carbocycles. The second-order valence-electron chi connectivity index (χ2n) is 1.74. The lowest BCUT2D eigenvalue weighted by Crippen LogP contribution is -2.14. The minimum Gasteiger partial charge on any atom is -0.435 e. The molecule has 0 fully saturated rings. The molecule has 7 heteroatoms. The first-order valence-electron chi connectivity index (χ1n) is 3.84. The molecule has 0 heterocycles. The van der Waals surface area contributed by atoms with E-state index in [9.17, 15) is 4.79 Å². The fourth-order valence-corrected chi connectivity index (χ4v) is 0.392. The van der Waals surface area contributed by atoms with Crippen molar-refractivity contribution in [2.75, 3.05) is 19.9 Å². The van der Waals surface area contributed by atoms with Crippen LogP contribution in [0.1, 0.15) is 13.8 Å². The number of ether oxygens (including phenoxy) is 2. The lowest BCUT2D eigenvalue weighted by atomic mass is 10.8. The summed E-state index contributed by atoms with van der Waals surface area (Å²) in [6, 6.07) is 0. The van der Waals surface area contributed by atoms with Crippen LogP contribution >= 0.6 is 0 Å². The summed E-state index contributed by atoms with van der Waals surface area (Å²) in [5, 5.41) is 6.90. The minimum absolute atomic E-state index is 0.266. The van der Waals surface area contributed by atoms with Gasteiger partial charge in [-0.15, -0.1) is 0 Å². The minimum atomic E-state index is -0.781. The van der Waals surface area contributed by atoms with Gasteiger partial charge >= 0.3 is 6.16 Å². The molecule has 0 saturated carbocycles. The third-order valence-corrected chi connectivity index (χ3v) is 0.815. The van der Waals surface area contributed by atoms with E-state index in [2.05, 4.69) is 30.2 Å². The third kappa shape index (κ3) is 8.54. The molecule has 0 aliphatic rings. The summed E-state index contributed by atoms with van der Waals surface area (Å²) in [4.78, 5) is 15.0. The van der Waals surface area contributed by atoms with E-state index in [1.54, 1.807) is 6.92 Å². The molecule has 1 N–H and O–H groups in total. The Bertz CT molecular complexity index is 162. The Kier molecular flexibility index (Phi) is 7.80. The maximum absolute atomic E-state index is 10.5. The number of nitrogens with zero attached hydrogens (tertiary/aromatic N) is 2. The van der Waals surface area contributed by atoms with Gasteiger partial charge in [-0.25, -0.2) is 9.63 Å². The summed E-state index contributed by atoms with van der Waals surface area (Å²) in [6.45, 7) is 4.04. The summed E-state index contributed by atoms with van der Waals surface area (Å²) in [7, 11) is 0. The molecule has 0 rings (SSSR count). The first-order chi connectivity index (χ1) is 6.31. The van der Waals surface area contributed by atoms with Crippen LogP contribution in [0.5, 0.6) is 0 Å². The largest absolute Gasteiger partial charge is 0.510 e. The van der Waals surface area contributed by atoms with Gasteiger partial charge in [-0.05, 0) is 13.8 Å². The molecule has 0 spiro atoms. The molecule has 13 heavy (non-hydrogen) atoms. The number of rotatable bonds is 6. The third-order valence-electron chi connectivity index (χ3n) is 0.815. The van der Waals surface area contributed by atoms with E-state index in [-0.39, 0.29) is 13.4 Å². The number of carbonyl (C=O) groups is 1. The Balaban J connectivity index is 3.15. The van der Waals surface area contributed by atoms with Crippen LogP contribution in [0.3, 0.4) is 0 Å². The van der Waals surface area contributed by atoms with Crippen LogP contribution in [0.15, 0.2) is 10.3 Å². The van der Waals surface area contributed by atoms with E-state index < -0.39 is 6.16 Å². The smallest absolute Gasteiger partial charge is 0.435 e. The Labute approximate surface area is 76.0 Å². The Morgan fingerprint density at radius 2 is 2.15 bits per heavy atom. The van der Waals surface area contributed by atoms with Gasteiger partial charge in [-0.2, -0.15) is 10.7 Å². The molecule has 0 radical (unpaired) electrons. The van der Waals surface area contributed by atoms with Crippen LogP contribution in [0.25, 0.3) is 0 Å². The van der Waals surface area contributed by atoms with Gasteiger partial charge in [0.05, 0.1) is 13.2 Å². The van der Waals surface area contributed by atoms with Gasteiger partial charge < -0.3 is 9.47 Å². The number of carbonyl (C=O) groups excluding carboxylic acids is 1. The van der Waals surface area contributed by atoms with Crippen molar-refractivity contribution in [2.24, 2.45) is 10.3 Å². The van der Waals surface area contributed by atoms with Crippen molar-refractivity contribution >= 4 is 6.16 Å². The summed E-state index contributed by atoms with van der Waals surface area (Å²) < 4.78 is 8.86. The van der Waals surface area contributed by atoms with Crippen LogP contribution in [0, 0.1) is 0 Å². The van der Waals surface area contributed by atoms with Crippen LogP contribution in [-0.2, 0) is 14.3 Å². The molecule has 76 valence electrons. The van der Waals surface area contributed by atoms with Gasteiger partial charge in [0.25, 0.3) is 0 Å². The van der Waals surface area contributed by atoms with E-state index in [0.717, 1.165) is 0 Å². The van der Waals surface area contributed by atoms with E-state index in [4.69, 9.17) is 0 Å². The normalized spacial score (nSPS) is 10.0. The fraction of sp³-hybridized carbons (Fsp3) is 0.833. The summed E-state index contributed by atoms with van der Waals surface area (Å²) in [5.74, 6) is 0. The lowest BCUT2D eigenvalue weighted by molar-refractivity contribution is -0.0866. The van der Waals surface area contributed by atoms with E-state index in [0.29, 0.717) is 6.54 Å². The summed E-state index contributed by atoms with van der Waals surface area (Å²) in [6.07, 6.45) is -0.781. The average molecular weight is 191 g/mol. The standard InChI is InChI=1S/C6H13N3O4/c1-3-7-8-9-13-5-12-6(10)11-4-2/h3-5H2,1-2H3,(H,7,9). The zero-order valence-corrected chi connectivity index (χ0v) is 7.65. The highest BCUT2D eigenvalue weighted by Crippen LogP contribution is 1.84. The van der Waals surface area contributed by atoms with E-state index in [1.165, 1.54) is 0 Å². The molecule has 7 nitrogen and oxygen atoms in total. The number of nitrogens with one attached hydrogen (secondary N) is 1. The molecular weight excluding hydrogens is 178 g/mol. The highest BCUT2D eigenvalue weighted by Gasteiger charge is 1.99. The molecule has 0 amide bonds. The molecule has 0 bridgehead atoms. The Morgan fingerprint density at radius 1 is 1.38 bits per heavy atom. The van der Waals surface area contributed by atoms with Crippen LogP contribution < -0.4 is 5.59 Å². The van der Waals surface area contributed by atoms with Gasteiger partial charge in [0.1, 0.15) is 0 Å². The van der Waals surface area contributed by atoms with Crippen LogP contribution in [0.2, 0.25) is 0 Å². The first kappa shape index (κ1) is 11.6. The monoisotopic (exact) mass is 191 g/mol. The topological polar surface area (TPSA) is 81.5 Å². The van der Waals surface area contributed by atoms with Crippen molar-refractivity contribution in [3.63, 3.8) is 0 Å². The zero-order chi connectivity index (χ0) is 9.94. The quantitative estimate of drug-likeness (QED) is 0.223. The molecule has 0 aromatic heterocycles. The predicted molar refractivity (Wildman–Crippen MR) is 42.6 cm³/mol. The summed E-state index contributed by atoms with van der Waals surface area (Å²) in [5.41, 5.74) is 2.11. The second-order valence-corrected chi connectivity index (χ2v) is 1.74. The van der Waals surface area contributed by atoms with Gasteiger partial charge in [-0.1, -0.05) is 5.22 Å². The van der Waals surface area contributed by atoms with E-state index >= 15 is 0 Å². The van der Waals surface area contributed by atoms with Gasteiger partial charge in [0, 0.05) is 0 Å². The highest BCUT2D eigenvalue weighted by molar-refractivity contribution is 5.59. The molecule has 0 unspecified atom stereocenters. The van der Waals surface area contributed by atoms with Crippen molar-refractivity contribution in [1.29, 1.82) is 0 Å². The SMILES string of the molecule is CCN=NNOCOC(=O)OCC. The van der Waals surface area contributed by atoms with Crippen molar-refractivity contribution in [1.82, 2.24) is 5.59 Å². The maximum atomic E-state index is 10.5. The predicted octanol–water partition coefficient (Wildman–Crippen LogP) is 1.03. The molecule has 0 aliphatic heterocycles. The molecule has 0 atom stereocenters. The van der Waals surface area contributed by atoms with Gasteiger partial charge in [0.2, 0.25) is 6.79 Å². The van der Waals surface area contributed by atoms with Crippen LogP contribution in [0.4, 0.5) is 4.79 Å². The van der Waals surface area contributed by atoms with Gasteiger partial charge in [0.15, 0.2) is 0 Å².